The second-order valence-corrected chi connectivity index (χ2v) is 8.28. The molecule has 0 atom stereocenters. The van der Waals surface area contributed by atoms with Gasteiger partial charge in [-0.25, -0.2) is 9.59 Å². The fraction of sp³-hybridized carbons (Fsp3) is 0.448. The first-order valence-corrected chi connectivity index (χ1v) is 12.6. The van der Waals surface area contributed by atoms with Gasteiger partial charge >= 0.3 is 11.9 Å². The van der Waals surface area contributed by atoms with Crippen LogP contribution >= 0.6 is 0 Å². The number of ether oxygens (including phenoxy) is 4. The van der Waals surface area contributed by atoms with Gasteiger partial charge in [0, 0.05) is 6.08 Å². The van der Waals surface area contributed by atoms with E-state index in [0.717, 1.165) is 37.9 Å². The molecule has 0 radical (unpaired) electrons. The van der Waals surface area contributed by atoms with Crippen molar-refractivity contribution in [2.75, 3.05) is 19.8 Å². The summed E-state index contributed by atoms with van der Waals surface area (Å²) in [6.45, 7) is 7.27. The van der Waals surface area contributed by atoms with Crippen molar-refractivity contribution in [1.82, 2.24) is 0 Å². The first kappa shape index (κ1) is 28.0. The van der Waals surface area contributed by atoms with Crippen LogP contribution in [0.25, 0.3) is 0 Å². The van der Waals surface area contributed by atoms with Gasteiger partial charge in [0.15, 0.2) is 0 Å². The predicted molar refractivity (Wildman–Crippen MR) is 137 cm³/mol. The van der Waals surface area contributed by atoms with Gasteiger partial charge < -0.3 is 18.9 Å². The predicted octanol–water partition coefficient (Wildman–Crippen LogP) is 6.92. The molecular formula is C29H38O6. The first-order valence-electron chi connectivity index (χ1n) is 12.6. The molecule has 0 aliphatic carbocycles. The maximum Gasteiger partial charge on any atom is 0.343 e. The van der Waals surface area contributed by atoms with E-state index in [-0.39, 0.29) is 5.97 Å². The molecule has 0 fully saturated rings. The van der Waals surface area contributed by atoms with E-state index >= 15 is 0 Å². The number of esters is 2. The fourth-order valence-electron chi connectivity index (χ4n) is 3.33. The summed E-state index contributed by atoms with van der Waals surface area (Å²) in [7, 11) is 0. The molecule has 0 saturated heterocycles. The largest absolute Gasteiger partial charge is 0.494 e. The molecule has 0 bridgehead atoms. The van der Waals surface area contributed by atoms with Gasteiger partial charge in [-0.2, -0.15) is 0 Å². The van der Waals surface area contributed by atoms with Crippen LogP contribution in [0.5, 0.6) is 17.2 Å². The molecule has 0 amide bonds. The number of hydrogen-bond donors (Lipinski definition) is 0. The third-order valence-electron chi connectivity index (χ3n) is 5.36. The quantitative estimate of drug-likeness (QED) is 0.0993. The summed E-state index contributed by atoms with van der Waals surface area (Å²) in [5.41, 5.74) is 0.457. The highest BCUT2D eigenvalue weighted by molar-refractivity contribution is 5.91. The number of carbonyl (C=O) groups is 2. The van der Waals surface area contributed by atoms with Crippen molar-refractivity contribution < 1.29 is 28.5 Å². The zero-order chi connectivity index (χ0) is 25.1. The molecule has 190 valence electrons. The molecule has 6 heteroatoms. The van der Waals surface area contributed by atoms with E-state index in [1.165, 1.54) is 31.8 Å². The Morgan fingerprint density at radius 3 is 1.71 bits per heavy atom. The van der Waals surface area contributed by atoms with Gasteiger partial charge in [0.05, 0.1) is 25.4 Å². The van der Waals surface area contributed by atoms with Gasteiger partial charge in [0.2, 0.25) is 0 Å². The summed E-state index contributed by atoms with van der Waals surface area (Å²) < 4.78 is 21.9. The Hall–Kier alpha value is -3.28. The second-order valence-electron chi connectivity index (χ2n) is 8.28. The van der Waals surface area contributed by atoms with Crippen molar-refractivity contribution in [3.8, 4) is 17.2 Å². The molecule has 0 N–H and O–H groups in total. The van der Waals surface area contributed by atoms with Crippen molar-refractivity contribution >= 4 is 11.9 Å². The topological polar surface area (TPSA) is 71.1 Å². The number of unbranched alkanes of at least 4 members (excludes halogenated alkanes) is 7. The summed E-state index contributed by atoms with van der Waals surface area (Å²) in [6.07, 6.45) is 10.8. The summed E-state index contributed by atoms with van der Waals surface area (Å²) in [4.78, 5) is 23.4. The van der Waals surface area contributed by atoms with E-state index in [0.29, 0.717) is 36.9 Å². The Balaban J connectivity index is 1.62. The Kier molecular flexibility index (Phi) is 13.7. The zero-order valence-corrected chi connectivity index (χ0v) is 20.8. The lowest BCUT2D eigenvalue weighted by Crippen LogP contribution is -2.08. The van der Waals surface area contributed by atoms with Crippen LogP contribution in [0, 0.1) is 0 Å². The number of carbonyl (C=O) groups excluding carboxylic acids is 2. The van der Waals surface area contributed by atoms with Gasteiger partial charge in [0.25, 0.3) is 0 Å². The van der Waals surface area contributed by atoms with E-state index in [1.807, 2.05) is 12.1 Å². The molecule has 2 aromatic carbocycles. The highest BCUT2D eigenvalue weighted by Crippen LogP contribution is 2.20. The van der Waals surface area contributed by atoms with Crippen molar-refractivity contribution in [2.45, 2.75) is 64.7 Å². The molecule has 0 heterocycles. The maximum absolute atomic E-state index is 12.4. The van der Waals surface area contributed by atoms with E-state index in [1.54, 1.807) is 36.4 Å². The van der Waals surface area contributed by atoms with Gasteiger partial charge in [-0.05, 0) is 80.6 Å². The minimum Gasteiger partial charge on any atom is -0.494 e. The zero-order valence-electron chi connectivity index (χ0n) is 20.8. The minimum atomic E-state index is -0.418. The van der Waals surface area contributed by atoms with Crippen molar-refractivity contribution in [1.29, 1.82) is 0 Å². The van der Waals surface area contributed by atoms with E-state index in [2.05, 4.69) is 13.5 Å². The summed E-state index contributed by atoms with van der Waals surface area (Å²) >= 11 is 0. The Morgan fingerprint density at radius 2 is 1.17 bits per heavy atom. The fourth-order valence-corrected chi connectivity index (χ4v) is 3.33. The minimum absolute atomic E-state index is 0.382. The second kappa shape index (κ2) is 17.2. The summed E-state index contributed by atoms with van der Waals surface area (Å²) in [6, 6.07) is 14.0. The molecule has 0 aliphatic heterocycles. The summed E-state index contributed by atoms with van der Waals surface area (Å²) in [5, 5.41) is 0. The molecule has 35 heavy (non-hydrogen) atoms. The highest BCUT2D eigenvalue weighted by atomic mass is 16.5. The van der Waals surface area contributed by atoms with Crippen LogP contribution in [0.2, 0.25) is 0 Å². The number of hydrogen-bond acceptors (Lipinski definition) is 6. The third kappa shape index (κ3) is 12.1. The average Bonchev–Trinajstić information content (AvgIpc) is 2.88. The standard InChI is InChI=1S/C29H38O6/c1-3-5-6-7-10-21-33-26-17-19-27(20-18-26)35-29(31)24-13-15-25(16-14-24)32-22-11-8-9-12-23-34-28(30)4-2/h4,13-20H,2-3,5-12,21-23H2,1H3. The van der Waals surface area contributed by atoms with Crippen LogP contribution in [0.4, 0.5) is 0 Å². The maximum atomic E-state index is 12.4. The lowest BCUT2D eigenvalue weighted by atomic mass is 10.2. The average molecular weight is 483 g/mol. The Bertz CT molecular complexity index is 873. The molecule has 0 aromatic heterocycles. The molecule has 0 saturated carbocycles. The third-order valence-corrected chi connectivity index (χ3v) is 5.36. The van der Waals surface area contributed by atoms with Gasteiger partial charge in [-0.15, -0.1) is 0 Å². The lowest BCUT2D eigenvalue weighted by molar-refractivity contribution is -0.137. The SMILES string of the molecule is C=CC(=O)OCCCCCCOc1ccc(C(=O)Oc2ccc(OCCCCCCC)cc2)cc1. The van der Waals surface area contributed by atoms with Crippen molar-refractivity contribution in [2.24, 2.45) is 0 Å². The van der Waals surface area contributed by atoms with Gasteiger partial charge in [-0.1, -0.05) is 39.2 Å². The van der Waals surface area contributed by atoms with E-state index < -0.39 is 5.97 Å². The van der Waals surface area contributed by atoms with Crippen LogP contribution in [0.15, 0.2) is 61.2 Å². The Labute approximate surface area is 209 Å². The van der Waals surface area contributed by atoms with Gasteiger partial charge in [0.1, 0.15) is 17.2 Å². The van der Waals surface area contributed by atoms with E-state index in [9.17, 15) is 9.59 Å². The summed E-state index contributed by atoms with van der Waals surface area (Å²) in [5.74, 6) is 1.16. The lowest BCUT2D eigenvalue weighted by Gasteiger charge is -2.09. The van der Waals surface area contributed by atoms with Crippen LogP contribution < -0.4 is 14.2 Å². The molecule has 0 spiro atoms. The van der Waals surface area contributed by atoms with E-state index in [4.69, 9.17) is 18.9 Å². The van der Waals surface area contributed by atoms with Crippen LogP contribution in [-0.4, -0.2) is 31.8 Å². The molecule has 0 unspecified atom stereocenters. The smallest absolute Gasteiger partial charge is 0.343 e. The highest BCUT2D eigenvalue weighted by Gasteiger charge is 2.09. The Morgan fingerprint density at radius 1 is 0.686 bits per heavy atom. The monoisotopic (exact) mass is 482 g/mol. The molecule has 0 aliphatic rings. The number of benzene rings is 2. The van der Waals surface area contributed by atoms with Crippen LogP contribution in [-0.2, 0) is 9.53 Å². The van der Waals surface area contributed by atoms with Crippen molar-refractivity contribution in [3.63, 3.8) is 0 Å². The molecule has 2 aromatic rings. The number of rotatable bonds is 18. The molecule has 2 rings (SSSR count). The van der Waals surface area contributed by atoms with Crippen LogP contribution in [0.3, 0.4) is 0 Å². The van der Waals surface area contributed by atoms with Gasteiger partial charge in [-0.3, -0.25) is 0 Å². The normalized spacial score (nSPS) is 10.4. The van der Waals surface area contributed by atoms with Crippen LogP contribution in [0.1, 0.15) is 75.1 Å². The molecular weight excluding hydrogens is 444 g/mol. The first-order chi connectivity index (χ1) is 17.1. The van der Waals surface area contributed by atoms with Crippen molar-refractivity contribution in [3.05, 3.63) is 66.7 Å². The molecule has 6 nitrogen and oxygen atoms in total.